The van der Waals surface area contributed by atoms with Gasteiger partial charge in [0.2, 0.25) is 0 Å². The topological polar surface area (TPSA) is 38.7 Å². The van der Waals surface area contributed by atoms with Gasteiger partial charge in [-0.2, -0.15) is 0 Å². The molecule has 0 saturated heterocycles. The molecule has 2 aromatic rings. The molecule has 0 spiro atoms. The second-order valence-corrected chi connectivity index (χ2v) is 4.24. The monoisotopic (exact) mass is 211 g/mol. The largest absolute Gasteiger partial charge is 0.234 e. The van der Waals surface area contributed by atoms with Crippen LogP contribution >= 0.6 is 0 Å². The highest BCUT2D eigenvalue weighted by molar-refractivity contribution is 5.60. The summed E-state index contributed by atoms with van der Waals surface area (Å²) in [5.74, 6) is 1.48. The van der Waals surface area contributed by atoms with Gasteiger partial charge in [-0.15, -0.1) is 10.2 Å². The minimum Gasteiger partial charge on any atom is -0.234 e. The Labute approximate surface area is 94.6 Å². The van der Waals surface area contributed by atoms with Crippen LogP contribution in [0.1, 0.15) is 30.3 Å². The fourth-order valence-corrected chi connectivity index (χ4v) is 1.80. The van der Waals surface area contributed by atoms with E-state index in [1.165, 1.54) is 12.8 Å². The first-order valence-corrected chi connectivity index (χ1v) is 5.61. The molecule has 80 valence electrons. The number of rotatable bonds is 2. The van der Waals surface area contributed by atoms with Crippen LogP contribution in [-0.4, -0.2) is 15.2 Å². The Morgan fingerprint density at radius 3 is 2.44 bits per heavy atom. The van der Waals surface area contributed by atoms with E-state index in [0.29, 0.717) is 5.92 Å². The lowest BCUT2D eigenvalue weighted by Crippen LogP contribution is -2.01. The van der Waals surface area contributed by atoms with Crippen LogP contribution in [0.4, 0.5) is 0 Å². The van der Waals surface area contributed by atoms with Gasteiger partial charge in [-0.05, 0) is 19.8 Å². The molecule has 1 saturated carbocycles. The zero-order valence-electron chi connectivity index (χ0n) is 9.22. The van der Waals surface area contributed by atoms with E-state index in [-0.39, 0.29) is 0 Å². The summed E-state index contributed by atoms with van der Waals surface area (Å²) in [5, 5.41) is 8.51. The molecule has 0 aliphatic heterocycles. The van der Waals surface area contributed by atoms with Gasteiger partial charge in [0, 0.05) is 11.5 Å². The van der Waals surface area contributed by atoms with Crippen LogP contribution < -0.4 is 0 Å². The summed E-state index contributed by atoms with van der Waals surface area (Å²) in [6.45, 7) is 2.00. The predicted molar refractivity (Wildman–Crippen MR) is 62.0 cm³/mol. The smallest absolute Gasteiger partial charge is 0.154 e. The average Bonchev–Trinajstić information content (AvgIpc) is 3.14. The summed E-state index contributed by atoms with van der Waals surface area (Å²) in [6, 6.07) is 10.1. The maximum atomic E-state index is 4.54. The molecule has 0 amide bonds. The van der Waals surface area contributed by atoms with E-state index >= 15 is 0 Å². The summed E-state index contributed by atoms with van der Waals surface area (Å²) >= 11 is 0. The standard InChI is InChI=1S/C13H13N3/c1-9-12(10-5-3-2-4-6-10)15-16-13(14-9)11-7-8-11/h2-6,11H,7-8H2,1H3. The molecule has 3 nitrogen and oxygen atoms in total. The zero-order chi connectivity index (χ0) is 11.0. The van der Waals surface area contributed by atoms with Crippen LogP contribution in [-0.2, 0) is 0 Å². The van der Waals surface area contributed by atoms with E-state index in [0.717, 1.165) is 22.8 Å². The van der Waals surface area contributed by atoms with Crippen molar-refractivity contribution in [2.75, 3.05) is 0 Å². The minimum absolute atomic E-state index is 0.566. The second kappa shape index (κ2) is 3.67. The Kier molecular flexibility index (Phi) is 2.17. The Morgan fingerprint density at radius 2 is 1.81 bits per heavy atom. The molecule has 3 heteroatoms. The molecule has 1 fully saturated rings. The van der Waals surface area contributed by atoms with Crippen molar-refractivity contribution in [2.45, 2.75) is 25.7 Å². The number of aryl methyl sites for hydroxylation is 1. The van der Waals surface area contributed by atoms with Crippen molar-refractivity contribution in [1.82, 2.24) is 15.2 Å². The van der Waals surface area contributed by atoms with Gasteiger partial charge in [-0.3, -0.25) is 0 Å². The summed E-state index contributed by atoms with van der Waals surface area (Å²) < 4.78 is 0. The lowest BCUT2D eigenvalue weighted by Gasteiger charge is -2.04. The van der Waals surface area contributed by atoms with Crippen LogP contribution in [0, 0.1) is 6.92 Å². The number of nitrogens with zero attached hydrogens (tertiary/aromatic N) is 3. The van der Waals surface area contributed by atoms with E-state index in [2.05, 4.69) is 15.2 Å². The molecule has 0 unspecified atom stereocenters. The Hall–Kier alpha value is -1.77. The lowest BCUT2D eigenvalue weighted by molar-refractivity contribution is 0.826. The molecule has 1 heterocycles. The van der Waals surface area contributed by atoms with Crippen molar-refractivity contribution in [2.24, 2.45) is 0 Å². The van der Waals surface area contributed by atoms with Gasteiger partial charge in [0.25, 0.3) is 0 Å². The van der Waals surface area contributed by atoms with Gasteiger partial charge in [0.1, 0.15) is 5.69 Å². The maximum absolute atomic E-state index is 4.54. The van der Waals surface area contributed by atoms with Crippen LogP contribution in [0.2, 0.25) is 0 Å². The summed E-state index contributed by atoms with van der Waals surface area (Å²) in [5.41, 5.74) is 2.95. The van der Waals surface area contributed by atoms with E-state index < -0.39 is 0 Å². The second-order valence-electron chi connectivity index (χ2n) is 4.24. The van der Waals surface area contributed by atoms with Crippen molar-refractivity contribution >= 4 is 0 Å². The summed E-state index contributed by atoms with van der Waals surface area (Å²) in [7, 11) is 0. The first kappa shape index (κ1) is 9.46. The SMILES string of the molecule is Cc1nc(C2CC2)nnc1-c1ccccc1. The lowest BCUT2D eigenvalue weighted by atomic mass is 10.1. The van der Waals surface area contributed by atoms with Gasteiger partial charge < -0.3 is 0 Å². The third-order valence-corrected chi connectivity index (χ3v) is 2.87. The van der Waals surface area contributed by atoms with Crippen molar-refractivity contribution in [3.8, 4) is 11.3 Å². The third-order valence-electron chi connectivity index (χ3n) is 2.87. The highest BCUT2D eigenvalue weighted by atomic mass is 15.2. The van der Waals surface area contributed by atoms with Crippen molar-refractivity contribution < 1.29 is 0 Å². The summed E-state index contributed by atoms with van der Waals surface area (Å²) in [4.78, 5) is 4.54. The molecule has 0 bridgehead atoms. The van der Waals surface area contributed by atoms with E-state index in [1.54, 1.807) is 0 Å². The van der Waals surface area contributed by atoms with Gasteiger partial charge in [0.05, 0.1) is 5.69 Å². The number of hydrogen-bond donors (Lipinski definition) is 0. The third kappa shape index (κ3) is 1.69. The quantitative estimate of drug-likeness (QED) is 0.766. The van der Waals surface area contributed by atoms with E-state index in [9.17, 15) is 0 Å². The molecule has 16 heavy (non-hydrogen) atoms. The van der Waals surface area contributed by atoms with Gasteiger partial charge in [0.15, 0.2) is 5.82 Å². The molecule has 1 aromatic carbocycles. The van der Waals surface area contributed by atoms with Crippen molar-refractivity contribution in [1.29, 1.82) is 0 Å². The van der Waals surface area contributed by atoms with Gasteiger partial charge in [-0.25, -0.2) is 4.98 Å². The molecule has 0 atom stereocenters. The van der Waals surface area contributed by atoms with Crippen molar-refractivity contribution in [3.63, 3.8) is 0 Å². The Balaban J connectivity index is 2.02. The normalized spacial score (nSPS) is 15.1. The Morgan fingerprint density at radius 1 is 1.06 bits per heavy atom. The molecule has 3 rings (SSSR count). The highest BCUT2D eigenvalue weighted by Gasteiger charge is 2.27. The molecule has 0 radical (unpaired) electrons. The fourth-order valence-electron chi connectivity index (χ4n) is 1.80. The molecular formula is C13H13N3. The molecule has 1 aliphatic carbocycles. The number of benzene rings is 1. The first-order valence-electron chi connectivity index (χ1n) is 5.61. The van der Waals surface area contributed by atoms with Crippen LogP contribution in [0.5, 0.6) is 0 Å². The van der Waals surface area contributed by atoms with Gasteiger partial charge in [-0.1, -0.05) is 30.3 Å². The average molecular weight is 211 g/mol. The fraction of sp³-hybridized carbons (Fsp3) is 0.308. The van der Waals surface area contributed by atoms with E-state index in [1.807, 2.05) is 37.3 Å². The van der Waals surface area contributed by atoms with E-state index in [4.69, 9.17) is 0 Å². The van der Waals surface area contributed by atoms with Crippen LogP contribution in [0.3, 0.4) is 0 Å². The Bertz CT molecular complexity index is 504. The van der Waals surface area contributed by atoms with Crippen LogP contribution in [0.15, 0.2) is 30.3 Å². The minimum atomic E-state index is 0.566. The molecular weight excluding hydrogens is 198 g/mol. The summed E-state index contributed by atoms with van der Waals surface area (Å²) in [6.07, 6.45) is 2.43. The molecule has 1 aromatic heterocycles. The maximum Gasteiger partial charge on any atom is 0.154 e. The van der Waals surface area contributed by atoms with Gasteiger partial charge >= 0.3 is 0 Å². The highest BCUT2D eigenvalue weighted by Crippen LogP contribution is 2.38. The van der Waals surface area contributed by atoms with Crippen molar-refractivity contribution in [3.05, 3.63) is 41.9 Å². The molecule has 0 N–H and O–H groups in total. The van der Waals surface area contributed by atoms with Crippen LogP contribution in [0.25, 0.3) is 11.3 Å². The first-order chi connectivity index (χ1) is 7.84. The zero-order valence-corrected chi connectivity index (χ0v) is 9.22. The number of aromatic nitrogens is 3. The molecule has 1 aliphatic rings. The number of hydrogen-bond acceptors (Lipinski definition) is 3. The predicted octanol–water partition coefficient (Wildman–Crippen LogP) is 2.72.